The lowest BCUT2D eigenvalue weighted by Gasteiger charge is -2.38. The molecule has 2 bridgehead atoms. The molecule has 1 aliphatic heterocycles. The van der Waals surface area contributed by atoms with E-state index in [2.05, 4.69) is 15.9 Å². The Hall–Kier alpha value is -0.520. The zero-order chi connectivity index (χ0) is 16.7. The summed E-state index contributed by atoms with van der Waals surface area (Å²) < 4.78 is 0. The summed E-state index contributed by atoms with van der Waals surface area (Å²) in [6, 6.07) is 8.12. The van der Waals surface area contributed by atoms with Crippen LogP contribution in [0.1, 0.15) is 24.8 Å². The Labute approximate surface area is 173 Å². The van der Waals surface area contributed by atoms with Gasteiger partial charge in [0.15, 0.2) is 0 Å². The van der Waals surface area contributed by atoms with Crippen LogP contribution >= 0.6 is 36.4 Å². The van der Waals surface area contributed by atoms with Gasteiger partial charge in [-0.2, -0.15) is 0 Å². The SMILES string of the molecule is Cl.Cl.NC1C2CCC(C2)C1C(=O)N1CCN(Cc2cccc(Cl)c2)CC1. The van der Waals surface area contributed by atoms with Gasteiger partial charge in [0.05, 0.1) is 5.92 Å². The third-order valence-electron chi connectivity index (χ3n) is 6.24. The fourth-order valence-electron chi connectivity index (χ4n) is 4.93. The quantitative estimate of drug-likeness (QED) is 0.817. The molecule has 7 heteroatoms. The Morgan fingerprint density at radius 2 is 1.81 bits per heavy atom. The first kappa shape index (κ1) is 21.8. The van der Waals surface area contributed by atoms with Crippen LogP contribution in [0.4, 0.5) is 0 Å². The molecule has 4 rings (SSSR count). The number of benzene rings is 1. The molecule has 0 spiro atoms. The number of fused-ring (bicyclic) bond motifs is 2. The first-order valence-corrected chi connectivity index (χ1v) is 9.51. The summed E-state index contributed by atoms with van der Waals surface area (Å²) in [6.45, 7) is 4.39. The van der Waals surface area contributed by atoms with Crippen molar-refractivity contribution in [3.8, 4) is 0 Å². The molecule has 0 aromatic heterocycles. The highest BCUT2D eigenvalue weighted by Crippen LogP contribution is 2.48. The second-order valence-corrected chi connectivity index (χ2v) is 8.10. The maximum atomic E-state index is 12.9. The fraction of sp³-hybridized carbons (Fsp3) is 0.632. The highest BCUT2D eigenvalue weighted by Gasteiger charge is 2.50. The number of amides is 1. The fourth-order valence-corrected chi connectivity index (χ4v) is 5.15. The van der Waals surface area contributed by atoms with Crippen molar-refractivity contribution in [2.75, 3.05) is 26.2 Å². The number of rotatable bonds is 3. The van der Waals surface area contributed by atoms with E-state index in [1.165, 1.54) is 24.8 Å². The summed E-state index contributed by atoms with van der Waals surface area (Å²) in [7, 11) is 0. The number of nitrogens with two attached hydrogens (primary N) is 1. The van der Waals surface area contributed by atoms with Crippen LogP contribution in [-0.4, -0.2) is 47.9 Å². The monoisotopic (exact) mass is 419 g/mol. The molecular formula is C19H28Cl3N3O. The Morgan fingerprint density at radius 1 is 1.12 bits per heavy atom. The van der Waals surface area contributed by atoms with Gasteiger partial charge in [0.2, 0.25) is 5.91 Å². The van der Waals surface area contributed by atoms with Crippen LogP contribution in [0, 0.1) is 17.8 Å². The molecule has 4 nitrogen and oxygen atoms in total. The second-order valence-electron chi connectivity index (χ2n) is 7.67. The second kappa shape index (κ2) is 9.11. The number of hydrogen-bond donors (Lipinski definition) is 1. The van der Waals surface area contributed by atoms with Gasteiger partial charge in [-0.15, -0.1) is 24.8 Å². The zero-order valence-electron chi connectivity index (χ0n) is 14.9. The molecule has 3 aliphatic rings. The highest BCUT2D eigenvalue weighted by atomic mass is 35.5. The molecular weight excluding hydrogens is 393 g/mol. The Balaban J connectivity index is 0.00000121. The van der Waals surface area contributed by atoms with Crippen molar-refractivity contribution in [1.82, 2.24) is 9.80 Å². The Morgan fingerprint density at radius 3 is 2.42 bits per heavy atom. The first-order valence-electron chi connectivity index (χ1n) is 9.13. The number of nitrogens with zero attached hydrogens (tertiary/aromatic N) is 2. The van der Waals surface area contributed by atoms with Crippen LogP contribution in [0.15, 0.2) is 24.3 Å². The number of halogens is 3. The summed E-state index contributed by atoms with van der Waals surface area (Å²) in [6.07, 6.45) is 3.60. The van der Waals surface area contributed by atoms with E-state index in [0.717, 1.165) is 37.7 Å². The Bertz CT molecular complexity index is 620. The topological polar surface area (TPSA) is 49.6 Å². The van der Waals surface area contributed by atoms with Gasteiger partial charge in [-0.1, -0.05) is 23.7 Å². The van der Waals surface area contributed by atoms with E-state index in [0.29, 0.717) is 17.7 Å². The molecule has 26 heavy (non-hydrogen) atoms. The minimum atomic E-state index is 0. The maximum absolute atomic E-state index is 12.9. The minimum absolute atomic E-state index is 0. The summed E-state index contributed by atoms with van der Waals surface area (Å²) in [5, 5.41) is 0.784. The van der Waals surface area contributed by atoms with Crippen LogP contribution in [-0.2, 0) is 11.3 Å². The van der Waals surface area contributed by atoms with Crippen molar-refractivity contribution in [3.05, 3.63) is 34.9 Å². The summed E-state index contributed by atoms with van der Waals surface area (Å²) in [5.74, 6) is 1.54. The minimum Gasteiger partial charge on any atom is -0.340 e. The van der Waals surface area contributed by atoms with Crippen LogP contribution < -0.4 is 5.73 Å². The Kier molecular flexibility index (Phi) is 7.63. The van der Waals surface area contributed by atoms with Crippen molar-refractivity contribution >= 4 is 42.3 Å². The van der Waals surface area contributed by atoms with E-state index in [9.17, 15) is 4.79 Å². The normalized spacial score (nSPS) is 30.6. The number of carbonyl (C=O) groups excluding carboxylic acids is 1. The lowest BCUT2D eigenvalue weighted by Crippen LogP contribution is -2.53. The molecule has 3 fully saturated rings. The van der Waals surface area contributed by atoms with Crippen LogP contribution in [0.5, 0.6) is 0 Å². The zero-order valence-corrected chi connectivity index (χ0v) is 17.2. The van der Waals surface area contributed by atoms with Crippen molar-refractivity contribution in [2.24, 2.45) is 23.5 Å². The van der Waals surface area contributed by atoms with E-state index >= 15 is 0 Å². The maximum Gasteiger partial charge on any atom is 0.227 e. The first-order chi connectivity index (χ1) is 11.6. The number of carbonyl (C=O) groups is 1. The molecule has 4 atom stereocenters. The summed E-state index contributed by atoms with van der Waals surface area (Å²) in [5.41, 5.74) is 7.58. The average molecular weight is 421 g/mol. The molecule has 1 saturated heterocycles. The average Bonchev–Trinajstić information content (AvgIpc) is 3.16. The van der Waals surface area contributed by atoms with Gasteiger partial charge < -0.3 is 10.6 Å². The van der Waals surface area contributed by atoms with Crippen LogP contribution in [0.2, 0.25) is 5.02 Å². The molecule has 2 saturated carbocycles. The van der Waals surface area contributed by atoms with Gasteiger partial charge in [-0.3, -0.25) is 9.69 Å². The summed E-state index contributed by atoms with van der Waals surface area (Å²) in [4.78, 5) is 17.4. The van der Waals surface area contributed by atoms with Gasteiger partial charge in [-0.05, 0) is 48.8 Å². The smallest absolute Gasteiger partial charge is 0.227 e. The molecule has 1 aromatic carbocycles. The molecule has 1 amide bonds. The molecule has 2 aliphatic carbocycles. The van der Waals surface area contributed by atoms with E-state index in [1.807, 2.05) is 18.2 Å². The molecule has 4 unspecified atom stereocenters. The molecule has 1 aromatic rings. The number of hydrogen-bond acceptors (Lipinski definition) is 3. The molecule has 146 valence electrons. The summed E-state index contributed by atoms with van der Waals surface area (Å²) >= 11 is 6.06. The van der Waals surface area contributed by atoms with Crippen molar-refractivity contribution in [1.29, 1.82) is 0 Å². The van der Waals surface area contributed by atoms with E-state index in [4.69, 9.17) is 17.3 Å². The third kappa shape index (κ3) is 4.31. The lowest BCUT2D eigenvalue weighted by atomic mass is 9.84. The van der Waals surface area contributed by atoms with E-state index in [1.54, 1.807) is 0 Å². The molecule has 0 radical (unpaired) electrons. The molecule has 1 heterocycles. The highest BCUT2D eigenvalue weighted by molar-refractivity contribution is 6.30. The lowest BCUT2D eigenvalue weighted by molar-refractivity contribution is -0.139. The van der Waals surface area contributed by atoms with Crippen molar-refractivity contribution in [3.63, 3.8) is 0 Å². The van der Waals surface area contributed by atoms with Gasteiger partial charge in [0, 0.05) is 43.8 Å². The van der Waals surface area contributed by atoms with Gasteiger partial charge in [-0.25, -0.2) is 0 Å². The van der Waals surface area contributed by atoms with E-state index < -0.39 is 0 Å². The van der Waals surface area contributed by atoms with E-state index in [-0.39, 0.29) is 36.8 Å². The standard InChI is InChI=1S/C19H26ClN3O.2ClH/c20-16-3-1-2-13(10-16)12-22-6-8-23(9-7-22)19(24)17-14-4-5-15(11-14)18(17)21;;/h1-3,10,14-15,17-18H,4-9,11-12,21H2;2*1H. The third-order valence-corrected chi connectivity index (χ3v) is 6.48. The largest absolute Gasteiger partial charge is 0.340 e. The van der Waals surface area contributed by atoms with Crippen LogP contribution in [0.3, 0.4) is 0 Å². The number of piperazine rings is 1. The van der Waals surface area contributed by atoms with Crippen molar-refractivity contribution in [2.45, 2.75) is 31.8 Å². The van der Waals surface area contributed by atoms with Gasteiger partial charge in [0.1, 0.15) is 0 Å². The molecule has 2 N–H and O–H groups in total. The van der Waals surface area contributed by atoms with Gasteiger partial charge in [0.25, 0.3) is 0 Å². The van der Waals surface area contributed by atoms with Crippen LogP contribution in [0.25, 0.3) is 0 Å². The van der Waals surface area contributed by atoms with Crippen molar-refractivity contribution < 1.29 is 4.79 Å². The predicted molar refractivity (Wildman–Crippen MR) is 110 cm³/mol. The van der Waals surface area contributed by atoms with Gasteiger partial charge >= 0.3 is 0 Å². The predicted octanol–water partition coefficient (Wildman–Crippen LogP) is 3.20.